The van der Waals surface area contributed by atoms with Crippen LogP contribution in [0.15, 0.2) is 24.3 Å². The van der Waals surface area contributed by atoms with Gasteiger partial charge in [0.05, 0.1) is 12.7 Å². The number of nitrogens with one attached hydrogen (secondary N) is 1. The number of benzene rings is 1. The van der Waals surface area contributed by atoms with Crippen molar-refractivity contribution in [1.29, 1.82) is 0 Å². The minimum Gasteiger partial charge on any atom is -0.465 e. The van der Waals surface area contributed by atoms with E-state index in [0.717, 1.165) is 18.7 Å². The van der Waals surface area contributed by atoms with E-state index in [4.69, 9.17) is 4.74 Å². The van der Waals surface area contributed by atoms with E-state index < -0.39 is 0 Å². The molecule has 0 aliphatic rings. The van der Waals surface area contributed by atoms with Crippen LogP contribution in [0.3, 0.4) is 0 Å². The Morgan fingerprint density at radius 1 is 1.37 bits per heavy atom. The number of likely N-dealkylation sites (N-methyl/N-ethyl adjacent to an activating group) is 1. The first-order chi connectivity index (χ1) is 9.06. The Hall–Kier alpha value is -1.39. The molecule has 0 spiro atoms. The van der Waals surface area contributed by atoms with Gasteiger partial charge in [-0.05, 0) is 32.5 Å². The van der Waals surface area contributed by atoms with Gasteiger partial charge in [-0.2, -0.15) is 0 Å². The minimum absolute atomic E-state index is 0.281. The van der Waals surface area contributed by atoms with E-state index in [2.05, 4.69) is 31.1 Å². The van der Waals surface area contributed by atoms with Crippen molar-refractivity contribution in [2.45, 2.75) is 26.4 Å². The Bertz CT molecular complexity index is 405. The van der Waals surface area contributed by atoms with Crippen molar-refractivity contribution < 1.29 is 9.53 Å². The zero-order valence-electron chi connectivity index (χ0n) is 12.3. The average molecular weight is 264 g/mol. The Labute approximate surface area is 115 Å². The van der Waals surface area contributed by atoms with E-state index in [1.165, 1.54) is 7.11 Å². The molecule has 4 heteroatoms. The summed E-state index contributed by atoms with van der Waals surface area (Å²) < 4.78 is 4.78. The molecule has 19 heavy (non-hydrogen) atoms. The number of nitrogens with zero attached hydrogens (tertiary/aromatic N) is 1. The van der Waals surface area contributed by atoms with Crippen molar-refractivity contribution in [2.24, 2.45) is 0 Å². The van der Waals surface area contributed by atoms with Gasteiger partial charge in [0.25, 0.3) is 0 Å². The first-order valence-electron chi connectivity index (χ1n) is 6.63. The van der Waals surface area contributed by atoms with Crippen molar-refractivity contribution >= 4 is 5.97 Å². The number of esters is 1. The van der Waals surface area contributed by atoms with E-state index >= 15 is 0 Å². The number of rotatable bonds is 7. The highest BCUT2D eigenvalue weighted by Crippen LogP contribution is 2.09. The topological polar surface area (TPSA) is 41.6 Å². The van der Waals surface area contributed by atoms with Crippen molar-refractivity contribution in [1.82, 2.24) is 10.2 Å². The lowest BCUT2D eigenvalue weighted by Crippen LogP contribution is -2.33. The SMILES string of the molecule is COC(=O)c1ccccc1CNCCN(C)C(C)C. The lowest BCUT2D eigenvalue weighted by Gasteiger charge is -2.21. The Morgan fingerprint density at radius 2 is 2.05 bits per heavy atom. The molecule has 0 aromatic heterocycles. The van der Waals surface area contributed by atoms with Crippen LogP contribution in [0.2, 0.25) is 0 Å². The van der Waals surface area contributed by atoms with Gasteiger partial charge in [0.1, 0.15) is 0 Å². The summed E-state index contributed by atoms with van der Waals surface area (Å²) in [7, 11) is 3.51. The first-order valence-corrected chi connectivity index (χ1v) is 6.63. The third-order valence-corrected chi connectivity index (χ3v) is 3.26. The van der Waals surface area contributed by atoms with Gasteiger partial charge in [0.2, 0.25) is 0 Å². The van der Waals surface area contributed by atoms with Crippen LogP contribution in [0.4, 0.5) is 0 Å². The van der Waals surface area contributed by atoms with Crippen LogP contribution in [-0.4, -0.2) is 44.2 Å². The van der Waals surface area contributed by atoms with Gasteiger partial charge in [0, 0.05) is 25.7 Å². The molecule has 0 unspecified atom stereocenters. The molecule has 1 aromatic carbocycles. The van der Waals surface area contributed by atoms with Crippen LogP contribution >= 0.6 is 0 Å². The van der Waals surface area contributed by atoms with Crippen molar-refractivity contribution in [3.8, 4) is 0 Å². The molecule has 1 rings (SSSR count). The molecule has 0 heterocycles. The molecular formula is C15H24N2O2. The predicted molar refractivity (Wildman–Crippen MR) is 77.3 cm³/mol. The maximum Gasteiger partial charge on any atom is 0.338 e. The summed E-state index contributed by atoms with van der Waals surface area (Å²) in [4.78, 5) is 13.9. The zero-order valence-corrected chi connectivity index (χ0v) is 12.3. The number of hydrogen-bond acceptors (Lipinski definition) is 4. The van der Waals surface area contributed by atoms with Gasteiger partial charge >= 0.3 is 5.97 Å². The lowest BCUT2D eigenvalue weighted by atomic mass is 10.1. The first kappa shape index (κ1) is 15.7. The lowest BCUT2D eigenvalue weighted by molar-refractivity contribution is 0.0599. The molecule has 106 valence electrons. The van der Waals surface area contributed by atoms with E-state index in [-0.39, 0.29) is 5.97 Å². The van der Waals surface area contributed by atoms with Gasteiger partial charge in [-0.3, -0.25) is 0 Å². The van der Waals surface area contributed by atoms with Gasteiger partial charge in [0.15, 0.2) is 0 Å². The second-order valence-electron chi connectivity index (χ2n) is 4.90. The highest BCUT2D eigenvalue weighted by Gasteiger charge is 2.10. The molecule has 0 bridgehead atoms. The number of methoxy groups -OCH3 is 1. The van der Waals surface area contributed by atoms with Crippen molar-refractivity contribution in [2.75, 3.05) is 27.2 Å². The van der Waals surface area contributed by atoms with E-state index in [9.17, 15) is 4.79 Å². The molecule has 1 aromatic rings. The maximum atomic E-state index is 11.6. The summed E-state index contributed by atoms with van der Waals surface area (Å²) in [6.45, 7) is 6.90. The van der Waals surface area contributed by atoms with E-state index in [0.29, 0.717) is 18.2 Å². The van der Waals surface area contributed by atoms with Crippen molar-refractivity contribution in [3.05, 3.63) is 35.4 Å². The molecule has 1 N–H and O–H groups in total. The predicted octanol–water partition coefficient (Wildman–Crippen LogP) is 1.90. The normalized spacial score (nSPS) is 11.1. The number of hydrogen-bond donors (Lipinski definition) is 1. The fourth-order valence-corrected chi connectivity index (χ4v) is 1.72. The largest absolute Gasteiger partial charge is 0.465 e. The third kappa shape index (κ3) is 5.01. The van der Waals surface area contributed by atoms with E-state index in [1.807, 2.05) is 18.2 Å². The minimum atomic E-state index is -0.281. The summed E-state index contributed by atoms with van der Waals surface area (Å²) in [5.41, 5.74) is 1.61. The second kappa shape index (κ2) is 7.92. The van der Waals surface area contributed by atoms with Crippen LogP contribution in [0.1, 0.15) is 29.8 Å². The second-order valence-corrected chi connectivity index (χ2v) is 4.90. The van der Waals surface area contributed by atoms with E-state index in [1.54, 1.807) is 6.07 Å². The number of carbonyl (C=O) groups excluding carboxylic acids is 1. The van der Waals surface area contributed by atoms with Crippen LogP contribution in [0.5, 0.6) is 0 Å². The molecule has 0 amide bonds. The summed E-state index contributed by atoms with van der Waals surface area (Å²) in [6, 6.07) is 8.07. The highest BCUT2D eigenvalue weighted by molar-refractivity contribution is 5.90. The fraction of sp³-hybridized carbons (Fsp3) is 0.533. The molecule has 0 aliphatic heterocycles. The number of carbonyl (C=O) groups is 1. The maximum absolute atomic E-state index is 11.6. The van der Waals surface area contributed by atoms with Crippen molar-refractivity contribution in [3.63, 3.8) is 0 Å². The number of ether oxygens (including phenoxy) is 1. The molecule has 0 saturated carbocycles. The molecular weight excluding hydrogens is 240 g/mol. The van der Waals surface area contributed by atoms with Gasteiger partial charge in [-0.15, -0.1) is 0 Å². The quantitative estimate of drug-likeness (QED) is 0.603. The van der Waals surface area contributed by atoms with Crippen LogP contribution in [0.25, 0.3) is 0 Å². The van der Waals surface area contributed by atoms with Crippen LogP contribution in [0, 0.1) is 0 Å². The Balaban J connectivity index is 2.47. The average Bonchev–Trinajstić information content (AvgIpc) is 2.42. The molecule has 0 atom stereocenters. The molecule has 0 saturated heterocycles. The van der Waals surface area contributed by atoms with Crippen LogP contribution in [-0.2, 0) is 11.3 Å². The molecule has 0 radical (unpaired) electrons. The van der Waals surface area contributed by atoms with Gasteiger partial charge < -0.3 is 15.0 Å². The highest BCUT2D eigenvalue weighted by atomic mass is 16.5. The summed E-state index contributed by atoms with van der Waals surface area (Å²) >= 11 is 0. The molecule has 0 fully saturated rings. The molecule has 0 aliphatic carbocycles. The fourth-order valence-electron chi connectivity index (χ4n) is 1.72. The monoisotopic (exact) mass is 264 g/mol. The summed E-state index contributed by atoms with van der Waals surface area (Å²) in [5, 5.41) is 3.36. The zero-order chi connectivity index (χ0) is 14.3. The standard InChI is InChI=1S/C15H24N2O2/c1-12(2)17(3)10-9-16-11-13-7-5-6-8-14(13)15(18)19-4/h5-8,12,16H,9-11H2,1-4H3. The Morgan fingerprint density at radius 3 is 2.68 bits per heavy atom. The summed E-state index contributed by atoms with van der Waals surface area (Å²) in [5.74, 6) is -0.281. The molecule has 4 nitrogen and oxygen atoms in total. The smallest absolute Gasteiger partial charge is 0.338 e. The third-order valence-electron chi connectivity index (χ3n) is 3.26. The Kier molecular flexibility index (Phi) is 6.53. The van der Waals surface area contributed by atoms with Gasteiger partial charge in [-0.1, -0.05) is 18.2 Å². The van der Waals surface area contributed by atoms with Crippen LogP contribution < -0.4 is 5.32 Å². The summed E-state index contributed by atoms with van der Waals surface area (Å²) in [6.07, 6.45) is 0. The van der Waals surface area contributed by atoms with Gasteiger partial charge in [-0.25, -0.2) is 4.79 Å².